The van der Waals surface area contributed by atoms with Crippen molar-refractivity contribution in [2.24, 2.45) is 5.92 Å². The molecule has 35 heavy (non-hydrogen) atoms. The molecule has 9 nitrogen and oxygen atoms in total. The molecule has 0 aliphatic carbocycles. The number of fused-ring (bicyclic) bond motifs is 1. The summed E-state index contributed by atoms with van der Waals surface area (Å²) in [6.45, 7) is 8.72. The molecule has 1 aromatic carbocycles. The van der Waals surface area contributed by atoms with Crippen molar-refractivity contribution in [1.29, 1.82) is 0 Å². The van der Waals surface area contributed by atoms with Crippen molar-refractivity contribution in [1.82, 2.24) is 25.3 Å². The zero-order chi connectivity index (χ0) is 25.5. The Bertz CT molecular complexity index is 1050. The fourth-order valence-corrected chi connectivity index (χ4v) is 4.02. The van der Waals surface area contributed by atoms with Gasteiger partial charge in [0.2, 0.25) is 5.91 Å². The van der Waals surface area contributed by atoms with E-state index in [2.05, 4.69) is 15.7 Å². The summed E-state index contributed by atoms with van der Waals surface area (Å²) in [5.74, 6) is -0.335. The van der Waals surface area contributed by atoms with Crippen LogP contribution in [0.15, 0.2) is 30.5 Å². The van der Waals surface area contributed by atoms with Gasteiger partial charge in [-0.05, 0) is 56.9 Å². The van der Waals surface area contributed by atoms with Crippen LogP contribution in [-0.4, -0.2) is 64.7 Å². The minimum absolute atomic E-state index is 0.00838. The van der Waals surface area contributed by atoms with Gasteiger partial charge in [-0.1, -0.05) is 25.4 Å². The number of carbonyl (C=O) groups excluding carboxylic acids is 3. The highest BCUT2D eigenvalue weighted by Gasteiger charge is 2.25. The third-order valence-corrected chi connectivity index (χ3v) is 6.13. The molecule has 0 saturated carbocycles. The lowest BCUT2D eigenvalue weighted by Crippen LogP contribution is -2.48. The summed E-state index contributed by atoms with van der Waals surface area (Å²) in [4.78, 5) is 40.7. The lowest BCUT2D eigenvalue weighted by Gasteiger charge is -2.26. The molecule has 1 atom stereocenters. The fraction of sp³-hybridized carbons (Fsp3) is 0.520. The van der Waals surface area contributed by atoms with Crippen LogP contribution in [0.3, 0.4) is 0 Å². The number of nitrogens with one attached hydrogen (secondary N) is 2. The molecule has 1 aliphatic rings. The van der Waals surface area contributed by atoms with E-state index in [0.717, 1.165) is 0 Å². The Morgan fingerprint density at radius 1 is 1.17 bits per heavy atom. The van der Waals surface area contributed by atoms with Crippen molar-refractivity contribution < 1.29 is 19.1 Å². The summed E-state index contributed by atoms with van der Waals surface area (Å²) in [7, 11) is 0. The van der Waals surface area contributed by atoms with E-state index in [-0.39, 0.29) is 48.9 Å². The SMILES string of the molecule is CC(C)[C@@H]1COc2ccc(Cl)cc2C(=O)NCCCCN(C(=O)c2ccnn2C(C)C)CC(=O)N1. The lowest BCUT2D eigenvalue weighted by molar-refractivity contribution is -0.123. The summed E-state index contributed by atoms with van der Waals surface area (Å²) in [6, 6.07) is 6.25. The first-order chi connectivity index (χ1) is 16.7. The van der Waals surface area contributed by atoms with Crippen LogP contribution >= 0.6 is 11.6 Å². The van der Waals surface area contributed by atoms with Gasteiger partial charge in [-0.15, -0.1) is 0 Å². The van der Waals surface area contributed by atoms with E-state index >= 15 is 0 Å². The smallest absolute Gasteiger partial charge is 0.272 e. The molecule has 0 saturated heterocycles. The van der Waals surface area contributed by atoms with Gasteiger partial charge >= 0.3 is 0 Å². The Morgan fingerprint density at radius 2 is 1.94 bits per heavy atom. The monoisotopic (exact) mass is 503 g/mol. The first-order valence-corrected chi connectivity index (χ1v) is 12.4. The molecular weight excluding hydrogens is 470 g/mol. The number of benzene rings is 1. The van der Waals surface area contributed by atoms with Crippen LogP contribution in [0.25, 0.3) is 0 Å². The van der Waals surface area contributed by atoms with Crippen molar-refractivity contribution in [2.45, 2.75) is 52.6 Å². The maximum absolute atomic E-state index is 13.4. The number of ether oxygens (including phenoxy) is 1. The Morgan fingerprint density at radius 3 is 2.66 bits per heavy atom. The van der Waals surface area contributed by atoms with E-state index in [0.29, 0.717) is 48.0 Å². The first-order valence-electron chi connectivity index (χ1n) is 12.0. The largest absolute Gasteiger partial charge is 0.491 e. The van der Waals surface area contributed by atoms with Gasteiger partial charge in [0.15, 0.2) is 0 Å². The normalized spacial score (nSPS) is 18.3. The minimum atomic E-state index is -0.322. The molecule has 3 rings (SSSR count). The highest BCUT2D eigenvalue weighted by atomic mass is 35.5. The molecule has 2 N–H and O–H groups in total. The quantitative estimate of drug-likeness (QED) is 0.668. The van der Waals surface area contributed by atoms with E-state index in [1.165, 1.54) is 0 Å². The number of hydrogen-bond acceptors (Lipinski definition) is 5. The van der Waals surface area contributed by atoms with Crippen LogP contribution in [0, 0.1) is 5.92 Å². The van der Waals surface area contributed by atoms with E-state index in [1.807, 2.05) is 27.7 Å². The molecule has 0 fully saturated rings. The maximum atomic E-state index is 13.4. The van der Waals surface area contributed by atoms with Crippen LogP contribution < -0.4 is 15.4 Å². The molecule has 10 heteroatoms. The van der Waals surface area contributed by atoms with E-state index in [1.54, 1.807) is 40.0 Å². The molecule has 190 valence electrons. The van der Waals surface area contributed by atoms with Crippen molar-refractivity contribution in [3.8, 4) is 5.75 Å². The van der Waals surface area contributed by atoms with Gasteiger partial charge in [0.1, 0.15) is 18.1 Å². The summed E-state index contributed by atoms with van der Waals surface area (Å²) < 4.78 is 7.62. The number of hydrogen-bond donors (Lipinski definition) is 2. The summed E-state index contributed by atoms with van der Waals surface area (Å²) >= 11 is 6.12. The molecule has 0 spiro atoms. The highest BCUT2D eigenvalue weighted by molar-refractivity contribution is 6.31. The second-order valence-corrected chi connectivity index (χ2v) is 9.75. The molecule has 1 aliphatic heterocycles. The van der Waals surface area contributed by atoms with E-state index in [9.17, 15) is 14.4 Å². The molecule has 1 aromatic heterocycles. The summed E-state index contributed by atoms with van der Waals surface area (Å²) in [5, 5.41) is 10.6. The van der Waals surface area contributed by atoms with Gasteiger partial charge in [0.25, 0.3) is 11.8 Å². The highest BCUT2D eigenvalue weighted by Crippen LogP contribution is 2.24. The molecule has 0 unspecified atom stereocenters. The lowest BCUT2D eigenvalue weighted by atomic mass is 10.1. The Labute approximate surface area is 211 Å². The average molecular weight is 504 g/mol. The first kappa shape index (κ1) is 26.5. The molecule has 0 bridgehead atoms. The van der Waals surface area contributed by atoms with Crippen molar-refractivity contribution in [3.63, 3.8) is 0 Å². The van der Waals surface area contributed by atoms with Gasteiger partial charge < -0.3 is 20.3 Å². The summed E-state index contributed by atoms with van der Waals surface area (Å²) in [5.41, 5.74) is 0.787. The van der Waals surface area contributed by atoms with Crippen molar-refractivity contribution in [3.05, 3.63) is 46.7 Å². The summed E-state index contributed by atoms with van der Waals surface area (Å²) in [6.07, 6.45) is 2.83. The van der Waals surface area contributed by atoms with Gasteiger partial charge in [-0.3, -0.25) is 19.1 Å². The Kier molecular flexibility index (Phi) is 9.14. The second-order valence-electron chi connectivity index (χ2n) is 9.31. The number of halogens is 1. The topological polar surface area (TPSA) is 106 Å². The number of carbonyl (C=O) groups is 3. The Balaban J connectivity index is 1.83. The number of rotatable bonds is 3. The third-order valence-electron chi connectivity index (χ3n) is 5.90. The van der Waals surface area contributed by atoms with Crippen LogP contribution in [0.2, 0.25) is 5.02 Å². The van der Waals surface area contributed by atoms with Crippen LogP contribution in [-0.2, 0) is 4.79 Å². The third kappa shape index (κ3) is 6.97. The van der Waals surface area contributed by atoms with Gasteiger partial charge in [0.05, 0.1) is 18.2 Å². The zero-order valence-electron chi connectivity index (χ0n) is 20.7. The van der Waals surface area contributed by atoms with Crippen LogP contribution in [0.5, 0.6) is 5.75 Å². The maximum Gasteiger partial charge on any atom is 0.272 e. The molecule has 2 heterocycles. The predicted molar refractivity (Wildman–Crippen MR) is 134 cm³/mol. The minimum Gasteiger partial charge on any atom is -0.491 e. The van der Waals surface area contributed by atoms with Crippen LogP contribution in [0.4, 0.5) is 0 Å². The number of aromatic nitrogens is 2. The Hall–Kier alpha value is -3.07. The molecular formula is C25H34ClN5O4. The molecule has 3 amide bonds. The zero-order valence-corrected chi connectivity index (χ0v) is 21.5. The van der Waals surface area contributed by atoms with Gasteiger partial charge in [-0.25, -0.2) is 0 Å². The molecule has 2 aromatic rings. The van der Waals surface area contributed by atoms with Gasteiger partial charge in [-0.2, -0.15) is 5.10 Å². The van der Waals surface area contributed by atoms with E-state index < -0.39 is 0 Å². The van der Waals surface area contributed by atoms with Crippen LogP contribution in [0.1, 0.15) is 67.4 Å². The van der Waals surface area contributed by atoms with Gasteiger partial charge in [0, 0.05) is 30.4 Å². The average Bonchev–Trinajstić information content (AvgIpc) is 3.30. The predicted octanol–water partition coefficient (Wildman–Crippen LogP) is 3.30. The molecule has 0 radical (unpaired) electrons. The number of amides is 3. The van der Waals surface area contributed by atoms with Crippen molar-refractivity contribution >= 4 is 29.3 Å². The fourth-order valence-electron chi connectivity index (χ4n) is 3.85. The number of nitrogens with zero attached hydrogens (tertiary/aromatic N) is 3. The van der Waals surface area contributed by atoms with Crippen molar-refractivity contribution in [2.75, 3.05) is 26.2 Å². The standard InChI is InChI=1S/C25H34ClN5O4/c1-16(2)20-15-35-22-8-7-18(26)13-19(22)24(33)27-10-5-6-12-30(14-23(32)29-20)25(34)21-9-11-28-31(21)17(3)4/h7-9,11,13,16-17,20H,5-6,10,12,14-15H2,1-4H3,(H,27,33)(H,29,32)/t20-/m0/s1. The van der Waals surface area contributed by atoms with E-state index in [4.69, 9.17) is 16.3 Å². The second kappa shape index (κ2) is 12.1.